The normalized spacial score (nSPS) is 10.7. The number of rotatable bonds is 6. The number of amides is 1. The summed E-state index contributed by atoms with van der Waals surface area (Å²) in [5.74, 6) is 0.521. The second-order valence-electron chi connectivity index (χ2n) is 4.92. The summed E-state index contributed by atoms with van der Waals surface area (Å²) < 4.78 is 12.6. The molecule has 1 N–H and O–H groups in total. The molecule has 0 unspecified atom stereocenters. The fourth-order valence-electron chi connectivity index (χ4n) is 2.18. The van der Waals surface area contributed by atoms with Gasteiger partial charge in [0.25, 0.3) is 11.5 Å². The molecular formula is C17H18BrN3O4. The van der Waals surface area contributed by atoms with Gasteiger partial charge >= 0.3 is 0 Å². The first-order valence-electron chi connectivity index (χ1n) is 7.46. The summed E-state index contributed by atoms with van der Waals surface area (Å²) in [5.41, 5.74) is 2.71. The molecule has 0 spiro atoms. The number of hydrogen-bond donors (Lipinski definition) is 1. The first-order chi connectivity index (χ1) is 12.0. The van der Waals surface area contributed by atoms with E-state index in [9.17, 15) is 9.59 Å². The number of ether oxygens (including phenoxy) is 2. The average Bonchev–Trinajstić information content (AvgIpc) is 2.62. The molecule has 2 aromatic rings. The monoisotopic (exact) mass is 407 g/mol. The minimum atomic E-state index is -0.569. The van der Waals surface area contributed by atoms with Crippen LogP contribution in [0.25, 0.3) is 0 Å². The van der Waals surface area contributed by atoms with E-state index in [1.807, 2.05) is 6.92 Å². The zero-order chi connectivity index (χ0) is 18.4. The maximum Gasteiger partial charge on any atom is 0.276 e. The highest BCUT2D eigenvalue weighted by molar-refractivity contribution is 9.10. The Balaban J connectivity index is 2.19. The van der Waals surface area contributed by atoms with Gasteiger partial charge in [-0.3, -0.25) is 9.59 Å². The summed E-state index contributed by atoms with van der Waals surface area (Å²) in [6, 6.07) is 6.59. The Bertz CT molecular complexity index is 861. The Morgan fingerprint density at radius 1 is 1.32 bits per heavy atom. The Morgan fingerprint density at radius 3 is 2.72 bits per heavy atom. The van der Waals surface area contributed by atoms with Gasteiger partial charge in [-0.05, 0) is 47.1 Å². The van der Waals surface area contributed by atoms with E-state index in [-0.39, 0.29) is 11.1 Å². The summed E-state index contributed by atoms with van der Waals surface area (Å²) in [7, 11) is 3.07. The van der Waals surface area contributed by atoms with Gasteiger partial charge in [0.15, 0.2) is 11.5 Å². The Labute approximate surface area is 153 Å². The number of methoxy groups -OCH3 is 2. The van der Waals surface area contributed by atoms with Crippen LogP contribution < -0.4 is 20.5 Å². The van der Waals surface area contributed by atoms with Crippen molar-refractivity contribution in [3.63, 3.8) is 0 Å². The fourth-order valence-corrected chi connectivity index (χ4v) is 2.78. The van der Waals surface area contributed by atoms with Gasteiger partial charge in [-0.2, -0.15) is 5.10 Å². The SMILES string of the molecule is CCn1cccc(C(=O)N/N=C\c2ccc(OC)c(OC)c2Br)c1=O. The van der Waals surface area contributed by atoms with E-state index in [2.05, 4.69) is 26.5 Å². The second-order valence-corrected chi connectivity index (χ2v) is 5.71. The molecule has 0 radical (unpaired) electrons. The van der Waals surface area contributed by atoms with Crippen LogP contribution in [0.2, 0.25) is 0 Å². The van der Waals surface area contributed by atoms with Crippen molar-refractivity contribution >= 4 is 28.1 Å². The van der Waals surface area contributed by atoms with Gasteiger partial charge in [0.05, 0.1) is 24.9 Å². The van der Waals surface area contributed by atoms with Crippen LogP contribution in [0.4, 0.5) is 0 Å². The molecule has 8 heteroatoms. The van der Waals surface area contributed by atoms with Gasteiger partial charge in [-0.25, -0.2) is 5.43 Å². The maximum absolute atomic E-state index is 12.1. The van der Waals surface area contributed by atoms with Crippen molar-refractivity contribution in [1.82, 2.24) is 9.99 Å². The number of halogens is 1. The zero-order valence-corrected chi connectivity index (χ0v) is 15.7. The summed E-state index contributed by atoms with van der Waals surface area (Å²) in [6.45, 7) is 2.32. The minimum absolute atomic E-state index is 0.0351. The number of nitrogens with zero attached hydrogens (tertiary/aromatic N) is 2. The van der Waals surface area contributed by atoms with Crippen molar-refractivity contribution in [3.05, 3.63) is 56.4 Å². The predicted molar refractivity (Wildman–Crippen MR) is 98.7 cm³/mol. The molecular weight excluding hydrogens is 390 g/mol. The molecule has 1 amide bonds. The van der Waals surface area contributed by atoms with Crippen LogP contribution in [0.15, 0.2) is 44.8 Å². The molecule has 0 saturated carbocycles. The van der Waals surface area contributed by atoms with Crippen molar-refractivity contribution in [1.29, 1.82) is 0 Å². The molecule has 132 valence electrons. The lowest BCUT2D eigenvalue weighted by molar-refractivity contribution is 0.0953. The molecule has 1 heterocycles. The summed E-state index contributed by atoms with van der Waals surface area (Å²) in [6.07, 6.45) is 3.08. The van der Waals surface area contributed by atoms with Gasteiger partial charge in [-0.1, -0.05) is 0 Å². The minimum Gasteiger partial charge on any atom is -0.493 e. The lowest BCUT2D eigenvalue weighted by atomic mass is 10.2. The van der Waals surface area contributed by atoms with Crippen molar-refractivity contribution < 1.29 is 14.3 Å². The van der Waals surface area contributed by atoms with E-state index < -0.39 is 5.91 Å². The van der Waals surface area contributed by atoms with Gasteiger partial charge in [0.1, 0.15) is 5.56 Å². The first-order valence-corrected chi connectivity index (χ1v) is 8.26. The largest absolute Gasteiger partial charge is 0.493 e. The van der Waals surface area contributed by atoms with E-state index >= 15 is 0 Å². The Kier molecular flexibility index (Phi) is 6.35. The number of hydrogen-bond acceptors (Lipinski definition) is 5. The first kappa shape index (κ1) is 18.7. The fraction of sp³-hybridized carbons (Fsp3) is 0.235. The molecule has 0 aliphatic rings. The summed E-state index contributed by atoms with van der Waals surface area (Å²) in [4.78, 5) is 24.2. The Hall–Kier alpha value is -2.61. The molecule has 0 fully saturated rings. The van der Waals surface area contributed by atoms with E-state index in [4.69, 9.17) is 9.47 Å². The highest BCUT2D eigenvalue weighted by Gasteiger charge is 2.13. The maximum atomic E-state index is 12.1. The quantitative estimate of drug-likeness (QED) is 0.588. The molecule has 0 saturated heterocycles. The molecule has 0 aliphatic carbocycles. The smallest absolute Gasteiger partial charge is 0.276 e. The van der Waals surface area contributed by atoms with Crippen LogP contribution in [0.1, 0.15) is 22.8 Å². The third-order valence-electron chi connectivity index (χ3n) is 3.49. The molecule has 25 heavy (non-hydrogen) atoms. The van der Waals surface area contributed by atoms with Crippen molar-refractivity contribution in [2.24, 2.45) is 5.10 Å². The van der Waals surface area contributed by atoms with Gasteiger partial charge in [0, 0.05) is 18.3 Å². The standard InChI is InChI=1S/C17H18BrN3O4/c1-4-21-9-5-6-12(17(21)23)16(22)20-19-10-11-7-8-13(24-2)15(25-3)14(11)18/h5-10H,4H2,1-3H3,(H,20,22)/b19-10-. The zero-order valence-electron chi connectivity index (χ0n) is 14.1. The number of benzene rings is 1. The van der Waals surface area contributed by atoms with Gasteiger partial charge in [-0.15, -0.1) is 0 Å². The average molecular weight is 408 g/mol. The lowest BCUT2D eigenvalue weighted by Gasteiger charge is -2.10. The lowest BCUT2D eigenvalue weighted by Crippen LogP contribution is -2.30. The van der Waals surface area contributed by atoms with E-state index in [1.54, 1.807) is 31.5 Å². The number of carbonyl (C=O) groups is 1. The van der Waals surface area contributed by atoms with Crippen LogP contribution in [-0.2, 0) is 6.54 Å². The number of pyridine rings is 1. The van der Waals surface area contributed by atoms with Gasteiger partial charge < -0.3 is 14.0 Å². The summed E-state index contributed by atoms with van der Waals surface area (Å²) >= 11 is 3.41. The number of nitrogens with one attached hydrogen (secondary N) is 1. The molecule has 7 nitrogen and oxygen atoms in total. The third kappa shape index (κ3) is 4.08. The van der Waals surface area contributed by atoms with Crippen molar-refractivity contribution in [2.45, 2.75) is 13.5 Å². The topological polar surface area (TPSA) is 81.9 Å². The van der Waals surface area contributed by atoms with E-state index in [1.165, 1.54) is 24.0 Å². The highest BCUT2D eigenvalue weighted by Crippen LogP contribution is 2.36. The number of aromatic nitrogens is 1. The molecule has 2 rings (SSSR count). The highest BCUT2D eigenvalue weighted by atomic mass is 79.9. The third-order valence-corrected chi connectivity index (χ3v) is 4.31. The van der Waals surface area contributed by atoms with Crippen molar-refractivity contribution in [2.75, 3.05) is 14.2 Å². The predicted octanol–water partition coefficient (Wildman–Crippen LogP) is 2.41. The molecule has 0 bridgehead atoms. The molecule has 1 aromatic heterocycles. The second kappa shape index (κ2) is 8.48. The van der Waals surface area contributed by atoms with Gasteiger partial charge in [0.2, 0.25) is 0 Å². The molecule has 0 atom stereocenters. The number of hydrazone groups is 1. The van der Waals surface area contributed by atoms with Crippen LogP contribution in [-0.4, -0.2) is 30.9 Å². The number of carbonyl (C=O) groups excluding carboxylic acids is 1. The van der Waals surface area contributed by atoms with Crippen molar-refractivity contribution in [3.8, 4) is 11.5 Å². The van der Waals surface area contributed by atoms with Crippen LogP contribution >= 0.6 is 15.9 Å². The van der Waals surface area contributed by atoms with E-state index in [0.29, 0.717) is 28.1 Å². The Morgan fingerprint density at radius 2 is 2.08 bits per heavy atom. The molecule has 1 aromatic carbocycles. The number of aryl methyl sites for hydroxylation is 1. The van der Waals surface area contributed by atoms with Crippen LogP contribution in [0, 0.1) is 0 Å². The van der Waals surface area contributed by atoms with Crippen LogP contribution in [0.3, 0.4) is 0 Å². The summed E-state index contributed by atoms with van der Waals surface area (Å²) in [5, 5.41) is 3.91. The van der Waals surface area contributed by atoms with E-state index in [0.717, 1.165) is 0 Å². The molecule has 0 aliphatic heterocycles. The van der Waals surface area contributed by atoms with Crippen LogP contribution in [0.5, 0.6) is 11.5 Å².